The van der Waals surface area contributed by atoms with E-state index in [2.05, 4.69) is 10.2 Å². The Kier molecular flexibility index (Phi) is 4.23. The zero-order valence-corrected chi connectivity index (χ0v) is 17.2. The van der Waals surface area contributed by atoms with Gasteiger partial charge in [0.15, 0.2) is 11.7 Å². The molecule has 160 valence electrons. The first-order valence-corrected chi connectivity index (χ1v) is 10.6. The highest BCUT2D eigenvalue weighted by atomic mass is 19.1. The van der Waals surface area contributed by atoms with Gasteiger partial charge in [0, 0.05) is 36.3 Å². The summed E-state index contributed by atoms with van der Waals surface area (Å²) in [4.78, 5) is 40.9. The summed E-state index contributed by atoms with van der Waals surface area (Å²) in [5.41, 5.74) is 2.49. The minimum Gasteiger partial charge on any atom is -0.480 e. The first kappa shape index (κ1) is 19.5. The second kappa shape index (κ2) is 6.51. The van der Waals surface area contributed by atoms with Crippen molar-refractivity contribution in [2.24, 2.45) is 11.8 Å². The van der Waals surface area contributed by atoms with Crippen molar-refractivity contribution >= 4 is 29.0 Å². The summed E-state index contributed by atoms with van der Waals surface area (Å²) in [6, 6.07) is 2.77. The highest BCUT2D eigenvalue weighted by Gasteiger charge is 2.54. The van der Waals surface area contributed by atoms with Crippen LogP contribution >= 0.6 is 0 Å². The van der Waals surface area contributed by atoms with Crippen LogP contribution in [0.25, 0.3) is 0 Å². The van der Waals surface area contributed by atoms with E-state index in [1.54, 1.807) is 6.07 Å². The van der Waals surface area contributed by atoms with Crippen molar-refractivity contribution in [1.82, 2.24) is 5.32 Å². The van der Waals surface area contributed by atoms with Gasteiger partial charge >= 0.3 is 5.97 Å². The molecule has 2 aliphatic heterocycles. The highest BCUT2D eigenvalue weighted by Crippen LogP contribution is 2.48. The van der Waals surface area contributed by atoms with E-state index in [0.717, 1.165) is 30.8 Å². The summed E-state index contributed by atoms with van der Waals surface area (Å²) in [6.45, 7) is 3.61. The molecule has 1 aromatic carbocycles. The SMILES string of the molecule is CNC1([C@@H]2CCN(c3ccc4c(c3C)N([C@@H]3C[C@@H]3F)C(=O)C(C(=O)O)C4=O)C2)CC1. The molecular weight excluding hydrogens is 389 g/mol. The quantitative estimate of drug-likeness (QED) is 0.714. The molecule has 8 heteroatoms. The van der Waals surface area contributed by atoms with E-state index in [-0.39, 0.29) is 17.5 Å². The van der Waals surface area contributed by atoms with Gasteiger partial charge in [0.05, 0.1) is 11.7 Å². The van der Waals surface area contributed by atoms with Crippen molar-refractivity contribution in [1.29, 1.82) is 0 Å². The Morgan fingerprint density at radius 3 is 2.57 bits per heavy atom. The number of anilines is 2. The van der Waals surface area contributed by atoms with Gasteiger partial charge in [-0.1, -0.05) is 0 Å². The van der Waals surface area contributed by atoms with Crippen LogP contribution in [0.3, 0.4) is 0 Å². The summed E-state index contributed by atoms with van der Waals surface area (Å²) in [5.74, 6) is -4.28. The number of carboxylic acids is 1. The van der Waals surface area contributed by atoms with E-state index < -0.39 is 35.8 Å². The van der Waals surface area contributed by atoms with Gasteiger partial charge < -0.3 is 20.2 Å². The number of carboxylic acid groups (broad SMARTS) is 1. The Morgan fingerprint density at radius 2 is 2.00 bits per heavy atom. The molecule has 7 nitrogen and oxygen atoms in total. The molecule has 4 atom stereocenters. The standard InChI is InChI=1S/C22H26FN3O4/c1-11-15(25-8-5-12(10-25)22(24-2)6-7-22)4-3-13-18(11)26(16-9-14(16)23)20(28)17(19(13)27)21(29)30/h3-4,12,14,16-17,24H,5-10H2,1-2H3,(H,29,30)/t12-,14+,16-,17?/m1/s1. The van der Waals surface area contributed by atoms with Crippen LogP contribution in [-0.4, -0.2) is 60.7 Å². The van der Waals surface area contributed by atoms with E-state index in [1.165, 1.54) is 17.7 Å². The van der Waals surface area contributed by atoms with Crippen LogP contribution in [0.5, 0.6) is 0 Å². The zero-order valence-electron chi connectivity index (χ0n) is 17.2. The third-order valence-corrected chi connectivity index (χ3v) is 7.51. The number of aliphatic carboxylic acids is 1. The van der Waals surface area contributed by atoms with Crippen molar-refractivity contribution in [2.45, 2.75) is 50.4 Å². The molecule has 3 fully saturated rings. The number of nitrogens with zero attached hydrogens (tertiary/aromatic N) is 2. The third-order valence-electron chi connectivity index (χ3n) is 7.51. The molecule has 0 spiro atoms. The van der Waals surface area contributed by atoms with Crippen molar-refractivity contribution in [3.8, 4) is 0 Å². The Bertz CT molecular complexity index is 960. The second-order valence-corrected chi connectivity index (χ2v) is 9.11. The number of nitrogens with one attached hydrogen (secondary N) is 1. The monoisotopic (exact) mass is 415 g/mol. The molecule has 4 aliphatic rings. The molecule has 30 heavy (non-hydrogen) atoms. The number of hydrogen-bond acceptors (Lipinski definition) is 5. The number of Topliss-reactive ketones (excluding diaryl/α,β-unsaturated/α-hetero) is 1. The molecular formula is C22H26FN3O4. The fourth-order valence-corrected chi connectivity index (χ4v) is 5.45. The number of ketones is 1. The Hall–Kier alpha value is -2.48. The molecule has 2 heterocycles. The number of halogens is 1. The third kappa shape index (κ3) is 2.69. The lowest BCUT2D eigenvalue weighted by Crippen LogP contribution is -2.50. The van der Waals surface area contributed by atoms with Gasteiger partial charge in [0.25, 0.3) is 0 Å². The van der Waals surface area contributed by atoms with E-state index >= 15 is 0 Å². The minimum absolute atomic E-state index is 0.172. The summed E-state index contributed by atoms with van der Waals surface area (Å²) in [7, 11) is 2.01. The summed E-state index contributed by atoms with van der Waals surface area (Å²) < 4.78 is 14.0. The molecule has 1 aromatic rings. The van der Waals surface area contributed by atoms with Gasteiger partial charge in [-0.3, -0.25) is 14.4 Å². The number of rotatable bonds is 5. The smallest absolute Gasteiger partial charge is 0.324 e. The fraction of sp³-hybridized carbons (Fsp3) is 0.591. The van der Waals surface area contributed by atoms with Crippen LogP contribution in [0.1, 0.15) is 41.6 Å². The summed E-state index contributed by atoms with van der Waals surface area (Å²) in [6.07, 6.45) is 2.41. The van der Waals surface area contributed by atoms with Crippen molar-refractivity contribution in [3.63, 3.8) is 0 Å². The molecule has 0 bridgehead atoms. The zero-order chi connectivity index (χ0) is 21.4. The normalized spacial score (nSPS) is 31.7. The first-order chi connectivity index (χ1) is 14.3. The van der Waals surface area contributed by atoms with Crippen molar-refractivity contribution in [3.05, 3.63) is 23.3 Å². The van der Waals surface area contributed by atoms with Crippen LogP contribution in [0.4, 0.5) is 15.8 Å². The fourth-order valence-electron chi connectivity index (χ4n) is 5.45. The lowest BCUT2D eigenvalue weighted by Gasteiger charge is -2.35. The molecule has 1 unspecified atom stereocenters. The number of carbonyl (C=O) groups is 3. The maximum Gasteiger partial charge on any atom is 0.324 e. The largest absolute Gasteiger partial charge is 0.480 e. The maximum atomic E-state index is 14.0. The van der Waals surface area contributed by atoms with Crippen LogP contribution in [0, 0.1) is 18.8 Å². The predicted molar refractivity (Wildman–Crippen MR) is 109 cm³/mol. The first-order valence-electron chi connectivity index (χ1n) is 10.6. The molecule has 2 saturated carbocycles. The Morgan fingerprint density at radius 1 is 1.30 bits per heavy atom. The molecule has 0 aromatic heterocycles. The van der Waals surface area contributed by atoms with Crippen molar-refractivity contribution in [2.75, 3.05) is 29.9 Å². The average molecular weight is 415 g/mol. The topological polar surface area (TPSA) is 89.9 Å². The van der Waals surface area contributed by atoms with Crippen LogP contribution in [-0.2, 0) is 9.59 Å². The maximum absolute atomic E-state index is 14.0. The average Bonchev–Trinajstić information content (AvgIpc) is 3.60. The van der Waals surface area contributed by atoms with E-state index in [1.807, 2.05) is 20.0 Å². The van der Waals surface area contributed by atoms with Crippen LogP contribution in [0.15, 0.2) is 12.1 Å². The molecule has 5 rings (SSSR count). The minimum atomic E-state index is -1.79. The van der Waals surface area contributed by atoms with Gasteiger partial charge in [-0.05, 0) is 56.8 Å². The van der Waals surface area contributed by atoms with Gasteiger partial charge in [-0.15, -0.1) is 0 Å². The number of alkyl halides is 1. The molecule has 1 amide bonds. The molecule has 2 N–H and O–H groups in total. The van der Waals surface area contributed by atoms with E-state index in [9.17, 15) is 23.9 Å². The van der Waals surface area contributed by atoms with Gasteiger partial charge in [0.1, 0.15) is 6.17 Å². The molecule has 1 saturated heterocycles. The lowest BCUT2D eigenvalue weighted by atomic mass is 9.87. The van der Waals surface area contributed by atoms with Gasteiger partial charge in [-0.25, -0.2) is 4.39 Å². The van der Waals surface area contributed by atoms with Crippen molar-refractivity contribution < 1.29 is 23.9 Å². The van der Waals surface area contributed by atoms with E-state index in [4.69, 9.17) is 0 Å². The Labute approximate surface area is 174 Å². The number of hydrogen-bond donors (Lipinski definition) is 2. The van der Waals surface area contributed by atoms with E-state index in [0.29, 0.717) is 11.6 Å². The number of fused-ring (bicyclic) bond motifs is 1. The summed E-state index contributed by atoms with van der Waals surface area (Å²) >= 11 is 0. The molecule has 2 aliphatic carbocycles. The van der Waals surface area contributed by atoms with Gasteiger partial charge in [0.2, 0.25) is 5.91 Å². The second-order valence-electron chi connectivity index (χ2n) is 9.11. The van der Waals surface area contributed by atoms with Gasteiger partial charge in [-0.2, -0.15) is 0 Å². The highest BCUT2D eigenvalue weighted by molar-refractivity contribution is 6.30. The predicted octanol–water partition coefficient (Wildman–Crippen LogP) is 1.91. The Balaban J connectivity index is 1.54. The van der Waals surface area contributed by atoms with Crippen LogP contribution in [0.2, 0.25) is 0 Å². The number of amides is 1. The number of carbonyl (C=O) groups excluding carboxylic acids is 2. The van der Waals surface area contributed by atoms with Crippen LogP contribution < -0.4 is 15.1 Å². The lowest BCUT2D eigenvalue weighted by molar-refractivity contribution is -0.144. The summed E-state index contributed by atoms with van der Waals surface area (Å²) in [5, 5.41) is 12.9. The molecule has 0 radical (unpaired) electrons. The number of benzene rings is 1.